The number of aliphatic hydroxyl groups is 2. The molecular weight excluding hydrogens is 224 g/mol. The van der Waals surface area contributed by atoms with Gasteiger partial charge in [-0.2, -0.15) is 0 Å². The summed E-state index contributed by atoms with van der Waals surface area (Å²) in [6.07, 6.45) is 17.6. The molecule has 1 atom stereocenters. The maximum atomic E-state index is 8.65. The van der Waals surface area contributed by atoms with Gasteiger partial charge in [-0.05, 0) is 50.9 Å². The zero-order valence-electron chi connectivity index (χ0n) is 11.4. The summed E-state index contributed by atoms with van der Waals surface area (Å²) in [7, 11) is 0. The molecule has 0 spiro atoms. The molecule has 2 heteroatoms. The van der Waals surface area contributed by atoms with Crippen LogP contribution in [0.5, 0.6) is 0 Å². The van der Waals surface area contributed by atoms with E-state index in [1.54, 1.807) is 0 Å². The molecule has 0 fully saturated rings. The van der Waals surface area contributed by atoms with Crippen molar-refractivity contribution < 1.29 is 10.2 Å². The van der Waals surface area contributed by atoms with Crippen molar-refractivity contribution in [2.24, 2.45) is 5.92 Å². The Morgan fingerprint density at radius 2 is 1.39 bits per heavy atom. The number of aliphatic hydroxyl groups excluding tert-OH is 2. The van der Waals surface area contributed by atoms with Crippen LogP contribution in [0.3, 0.4) is 0 Å². The lowest BCUT2D eigenvalue weighted by molar-refractivity contribution is 0.289. The highest BCUT2D eigenvalue weighted by atomic mass is 16.3. The average Bonchev–Trinajstić information content (AvgIpc) is 2.40. The quantitative estimate of drug-likeness (QED) is 0.411. The molecule has 0 aliphatic rings. The van der Waals surface area contributed by atoms with Crippen molar-refractivity contribution in [3.8, 4) is 0 Å². The van der Waals surface area contributed by atoms with Gasteiger partial charge in [0, 0.05) is 13.2 Å². The Bertz CT molecular complexity index is 231. The molecule has 0 saturated carbocycles. The Labute approximate surface area is 112 Å². The predicted molar refractivity (Wildman–Crippen MR) is 78.5 cm³/mol. The monoisotopic (exact) mass is 252 g/mol. The van der Waals surface area contributed by atoms with Gasteiger partial charge in [-0.1, -0.05) is 30.4 Å². The van der Waals surface area contributed by atoms with E-state index in [-0.39, 0.29) is 13.2 Å². The number of unbranched alkanes of at least 4 members (excludes halogenated alkanes) is 2. The summed E-state index contributed by atoms with van der Waals surface area (Å²) in [6, 6.07) is 0. The van der Waals surface area contributed by atoms with Crippen molar-refractivity contribution in [1.82, 2.24) is 0 Å². The van der Waals surface area contributed by atoms with Crippen LogP contribution in [0, 0.1) is 5.92 Å². The Hall–Kier alpha value is -0.860. The highest BCUT2D eigenvalue weighted by Crippen LogP contribution is 2.14. The molecule has 0 aliphatic carbocycles. The van der Waals surface area contributed by atoms with Crippen molar-refractivity contribution in [1.29, 1.82) is 0 Å². The summed E-state index contributed by atoms with van der Waals surface area (Å²) in [5.41, 5.74) is 0. The largest absolute Gasteiger partial charge is 0.396 e. The number of hydrogen-bond acceptors (Lipinski definition) is 2. The minimum Gasteiger partial charge on any atom is -0.396 e. The summed E-state index contributed by atoms with van der Waals surface area (Å²) in [6.45, 7) is 4.42. The maximum absolute atomic E-state index is 8.65. The second-order valence-electron chi connectivity index (χ2n) is 4.48. The van der Waals surface area contributed by atoms with Crippen LogP contribution in [0.4, 0.5) is 0 Å². The standard InChI is InChI=1S/C16H28O2/c1-2-16(13-9-5-7-11-15-18)12-8-4-3-6-10-14-17/h2-5,9,16-18H,1,6-8,10-15H2/b4-3+,9-5-. The Morgan fingerprint density at radius 1 is 0.833 bits per heavy atom. The van der Waals surface area contributed by atoms with Gasteiger partial charge in [0.1, 0.15) is 0 Å². The lowest BCUT2D eigenvalue weighted by Gasteiger charge is -2.07. The van der Waals surface area contributed by atoms with E-state index in [2.05, 4.69) is 30.9 Å². The SMILES string of the molecule is C=CC(C/C=C\CCCO)CC/C=C/CCCO. The van der Waals surface area contributed by atoms with Gasteiger partial charge in [-0.15, -0.1) is 6.58 Å². The summed E-state index contributed by atoms with van der Waals surface area (Å²) >= 11 is 0. The first kappa shape index (κ1) is 17.1. The van der Waals surface area contributed by atoms with Crippen molar-refractivity contribution in [3.63, 3.8) is 0 Å². The van der Waals surface area contributed by atoms with E-state index in [1.807, 2.05) is 6.08 Å². The van der Waals surface area contributed by atoms with Gasteiger partial charge in [-0.3, -0.25) is 0 Å². The van der Waals surface area contributed by atoms with Gasteiger partial charge in [-0.25, -0.2) is 0 Å². The summed E-state index contributed by atoms with van der Waals surface area (Å²) < 4.78 is 0. The van der Waals surface area contributed by atoms with E-state index in [9.17, 15) is 0 Å². The molecule has 0 aromatic carbocycles. The first-order chi connectivity index (χ1) is 8.85. The fourth-order valence-corrected chi connectivity index (χ4v) is 1.69. The third kappa shape index (κ3) is 11.6. The molecule has 0 saturated heterocycles. The maximum Gasteiger partial charge on any atom is 0.0433 e. The molecule has 0 aliphatic heterocycles. The molecule has 2 N–H and O–H groups in total. The average molecular weight is 252 g/mol. The molecule has 0 amide bonds. The van der Waals surface area contributed by atoms with Gasteiger partial charge >= 0.3 is 0 Å². The van der Waals surface area contributed by atoms with Crippen molar-refractivity contribution >= 4 is 0 Å². The van der Waals surface area contributed by atoms with E-state index in [4.69, 9.17) is 10.2 Å². The molecule has 0 radical (unpaired) electrons. The van der Waals surface area contributed by atoms with E-state index in [1.165, 1.54) is 0 Å². The van der Waals surface area contributed by atoms with Crippen LogP contribution in [0.25, 0.3) is 0 Å². The minimum atomic E-state index is 0.272. The summed E-state index contributed by atoms with van der Waals surface area (Å²) in [4.78, 5) is 0. The second-order valence-corrected chi connectivity index (χ2v) is 4.48. The van der Waals surface area contributed by atoms with Gasteiger partial charge in [0.2, 0.25) is 0 Å². The fraction of sp³-hybridized carbons (Fsp3) is 0.625. The Kier molecular flexibility index (Phi) is 13.5. The molecule has 0 bridgehead atoms. The molecular formula is C16H28O2. The normalized spacial score (nSPS) is 13.4. The van der Waals surface area contributed by atoms with E-state index in [0.717, 1.165) is 44.9 Å². The number of hydrogen-bond donors (Lipinski definition) is 2. The molecule has 104 valence electrons. The van der Waals surface area contributed by atoms with Crippen LogP contribution in [-0.4, -0.2) is 23.4 Å². The first-order valence-electron chi connectivity index (χ1n) is 6.99. The second kappa shape index (κ2) is 14.2. The number of allylic oxidation sites excluding steroid dienone is 5. The Balaban J connectivity index is 3.60. The zero-order valence-corrected chi connectivity index (χ0v) is 11.4. The minimum absolute atomic E-state index is 0.272. The van der Waals surface area contributed by atoms with E-state index >= 15 is 0 Å². The molecule has 0 rings (SSSR count). The third-order valence-electron chi connectivity index (χ3n) is 2.87. The summed E-state index contributed by atoms with van der Waals surface area (Å²) in [5.74, 6) is 0.540. The highest BCUT2D eigenvalue weighted by Gasteiger charge is 1.99. The van der Waals surface area contributed by atoms with Crippen LogP contribution in [0.15, 0.2) is 37.0 Å². The smallest absolute Gasteiger partial charge is 0.0433 e. The van der Waals surface area contributed by atoms with Crippen LogP contribution in [0.2, 0.25) is 0 Å². The van der Waals surface area contributed by atoms with Crippen LogP contribution in [-0.2, 0) is 0 Å². The third-order valence-corrected chi connectivity index (χ3v) is 2.87. The first-order valence-corrected chi connectivity index (χ1v) is 6.99. The van der Waals surface area contributed by atoms with Crippen molar-refractivity contribution in [2.45, 2.75) is 44.9 Å². The Morgan fingerprint density at radius 3 is 1.94 bits per heavy atom. The van der Waals surface area contributed by atoms with E-state index in [0.29, 0.717) is 5.92 Å². The zero-order chi connectivity index (χ0) is 13.5. The highest BCUT2D eigenvalue weighted by molar-refractivity contribution is 4.91. The lowest BCUT2D eigenvalue weighted by Crippen LogP contribution is -1.93. The van der Waals surface area contributed by atoms with Gasteiger partial charge in [0.15, 0.2) is 0 Å². The van der Waals surface area contributed by atoms with Gasteiger partial charge in [0.25, 0.3) is 0 Å². The topological polar surface area (TPSA) is 40.5 Å². The van der Waals surface area contributed by atoms with Crippen molar-refractivity contribution in [2.75, 3.05) is 13.2 Å². The number of rotatable bonds is 12. The molecule has 1 unspecified atom stereocenters. The van der Waals surface area contributed by atoms with Crippen LogP contribution >= 0.6 is 0 Å². The van der Waals surface area contributed by atoms with Crippen LogP contribution < -0.4 is 0 Å². The van der Waals surface area contributed by atoms with Gasteiger partial charge in [0.05, 0.1) is 0 Å². The fourth-order valence-electron chi connectivity index (χ4n) is 1.69. The molecule has 2 nitrogen and oxygen atoms in total. The molecule has 18 heavy (non-hydrogen) atoms. The summed E-state index contributed by atoms with van der Waals surface area (Å²) in [5, 5.41) is 17.3. The molecule has 0 aromatic heterocycles. The predicted octanol–water partition coefficient (Wildman–Crippen LogP) is 3.62. The van der Waals surface area contributed by atoms with Crippen molar-refractivity contribution in [3.05, 3.63) is 37.0 Å². The van der Waals surface area contributed by atoms with E-state index < -0.39 is 0 Å². The molecule has 0 heterocycles. The van der Waals surface area contributed by atoms with Crippen LogP contribution in [0.1, 0.15) is 44.9 Å². The lowest BCUT2D eigenvalue weighted by atomic mass is 9.99. The van der Waals surface area contributed by atoms with Gasteiger partial charge < -0.3 is 10.2 Å². The molecule has 0 aromatic rings.